The molecule has 0 spiro atoms. The molecule has 2 aromatic heterocycles. The summed E-state index contributed by atoms with van der Waals surface area (Å²) in [5, 5.41) is 7.33. The fraction of sp³-hybridized carbons (Fsp3) is 0.131. The third-order valence-electron chi connectivity index (χ3n) is 14.1. The topological polar surface area (TPSA) is 43.6 Å². The first-order valence-electron chi connectivity index (χ1n) is 22.8. The van der Waals surface area contributed by atoms with Crippen LogP contribution in [0.25, 0.3) is 105 Å². The van der Waals surface area contributed by atoms with Crippen LogP contribution in [0.4, 0.5) is 0 Å². The molecule has 0 unspecified atom stereocenters. The fourth-order valence-electron chi connectivity index (χ4n) is 10.2. The van der Waals surface area contributed by atoms with Gasteiger partial charge in [0.2, 0.25) is 0 Å². The van der Waals surface area contributed by atoms with E-state index >= 15 is 0 Å². The zero-order valence-corrected chi connectivity index (χ0v) is 37.2. The summed E-state index contributed by atoms with van der Waals surface area (Å²) in [7, 11) is 0. The molecule has 4 nitrogen and oxygen atoms in total. The highest BCUT2D eigenvalue weighted by atomic mass is 15.0. The first-order chi connectivity index (χ1) is 31.6. The Hall–Kier alpha value is -7.69. The number of aromatic nitrogens is 4. The van der Waals surface area contributed by atoms with Crippen LogP contribution in [-0.4, -0.2) is 19.5 Å². The van der Waals surface area contributed by atoms with Crippen LogP contribution >= 0.6 is 0 Å². The Bertz CT molecular complexity index is 3640. The van der Waals surface area contributed by atoms with Crippen LogP contribution in [0.3, 0.4) is 0 Å². The molecule has 2 heterocycles. The fourth-order valence-corrected chi connectivity index (χ4v) is 10.2. The standard InChI is InChI=1S/C61H48N4/c1-60(2)30-31-61(3,4)54-38-56-52(37-53(54)60)51-35-43-18-11-12-19-44(43)36-55(51)65(56)50-21-13-20-48(34-50)58-62-57(42-24-22-41(23-25-42)39-14-7-5-8-15-39)63-59(64-58)49-29-28-46-32-45(26-27-47(46)33-49)40-16-9-6-10-17-40/h5-29,32-38H,30-31H2,1-4H3. The van der Waals surface area contributed by atoms with Crippen LogP contribution in [-0.2, 0) is 10.8 Å². The SMILES string of the molecule is CC1(C)CCC(C)(C)c2cc3c(cc21)c1cc2ccccc2cc1n3-c1cccc(-c2nc(-c3ccc(-c4ccccc4)cc3)nc(-c3ccc4cc(-c5ccccc5)ccc4c3)n2)c1. The molecule has 0 fully saturated rings. The van der Waals surface area contributed by atoms with Gasteiger partial charge in [-0.2, -0.15) is 0 Å². The second-order valence-electron chi connectivity index (χ2n) is 19.2. The summed E-state index contributed by atoms with van der Waals surface area (Å²) in [6.07, 6.45) is 2.33. The summed E-state index contributed by atoms with van der Waals surface area (Å²) < 4.78 is 2.47. The molecule has 0 bridgehead atoms. The van der Waals surface area contributed by atoms with Crippen molar-refractivity contribution in [1.82, 2.24) is 19.5 Å². The molecular weight excluding hydrogens is 789 g/mol. The van der Waals surface area contributed by atoms with Gasteiger partial charge in [0.1, 0.15) is 0 Å². The van der Waals surface area contributed by atoms with Gasteiger partial charge in [-0.25, -0.2) is 15.0 Å². The van der Waals surface area contributed by atoms with Gasteiger partial charge in [0.05, 0.1) is 11.0 Å². The number of nitrogens with zero attached hydrogens (tertiary/aromatic N) is 4. The van der Waals surface area contributed by atoms with E-state index in [9.17, 15) is 0 Å². The molecule has 0 aliphatic heterocycles. The van der Waals surface area contributed by atoms with E-state index in [1.165, 1.54) is 72.2 Å². The lowest BCUT2D eigenvalue weighted by Gasteiger charge is -2.42. The van der Waals surface area contributed by atoms with Gasteiger partial charge in [-0.05, 0) is 127 Å². The zero-order chi connectivity index (χ0) is 43.9. The maximum Gasteiger partial charge on any atom is 0.164 e. The number of benzene rings is 9. The Balaban J connectivity index is 1.04. The van der Waals surface area contributed by atoms with E-state index in [0.29, 0.717) is 17.5 Å². The van der Waals surface area contributed by atoms with Gasteiger partial charge in [-0.15, -0.1) is 0 Å². The van der Waals surface area contributed by atoms with Crippen LogP contribution in [0.2, 0.25) is 0 Å². The van der Waals surface area contributed by atoms with Crippen molar-refractivity contribution in [3.8, 4) is 62.1 Å². The quantitative estimate of drug-likeness (QED) is 0.168. The Morgan fingerprint density at radius 3 is 1.43 bits per heavy atom. The molecule has 0 saturated heterocycles. The largest absolute Gasteiger partial charge is 0.309 e. The summed E-state index contributed by atoms with van der Waals surface area (Å²) in [6.45, 7) is 9.66. The van der Waals surface area contributed by atoms with E-state index in [1.54, 1.807) is 0 Å². The highest BCUT2D eigenvalue weighted by Crippen LogP contribution is 2.49. The van der Waals surface area contributed by atoms with E-state index in [0.717, 1.165) is 39.7 Å². The molecule has 0 N–H and O–H groups in total. The van der Waals surface area contributed by atoms with Gasteiger partial charge in [0.25, 0.3) is 0 Å². The second kappa shape index (κ2) is 15.0. The van der Waals surface area contributed by atoms with E-state index in [2.05, 4.69) is 220 Å². The van der Waals surface area contributed by atoms with Crippen LogP contribution in [0, 0.1) is 0 Å². The number of hydrogen-bond donors (Lipinski definition) is 0. The maximum atomic E-state index is 5.29. The highest BCUT2D eigenvalue weighted by Gasteiger charge is 2.38. The second-order valence-corrected chi connectivity index (χ2v) is 19.2. The molecule has 0 radical (unpaired) electrons. The van der Waals surface area contributed by atoms with Crippen molar-refractivity contribution < 1.29 is 0 Å². The van der Waals surface area contributed by atoms with E-state index in [1.807, 2.05) is 6.07 Å². The molecule has 0 atom stereocenters. The maximum absolute atomic E-state index is 5.29. The third kappa shape index (κ3) is 6.80. The van der Waals surface area contributed by atoms with Crippen LogP contribution in [0.1, 0.15) is 51.7 Å². The molecule has 0 saturated carbocycles. The Labute approximate surface area is 379 Å². The number of rotatable bonds is 6. The first kappa shape index (κ1) is 38.9. The monoisotopic (exact) mass is 836 g/mol. The van der Waals surface area contributed by atoms with Gasteiger partial charge in [0.15, 0.2) is 17.5 Å². The first-order valence-corrected chi connectivity index (χ1v) is 22.8. The van der Waals surface area contributed by atoms with Crippen LogP contribution < -0.4 is 0 Å². The highest BCUT2D eigenvalue weighted by molar-refractivity contribution is 6.14. The Morgan fingerprint density at radius 2 is 0.769 bits per heavy atom. The Morgan fingerprint density at radius 1 is 0.338 bits per heavy atom. The molecule has 11 aromatic rings. The van der Waals surface area contributed by atoms with Gasteiger partial charge in [0, 0.05) is 33.2 Å². The minimum Gasteiger partial charge on any atom is -0.309 e. The van der Waals surface area contributed by atoms with E-state index < -0.39 is 0 Å². The Kier molecular flexibility index (Phi) is 8.96. The summed E-state index contributed by atoms with van der Waals surface area (Å²) in [5.41, 5.74) is 14.1. The molecule has 0 amide bonds. The van der Waals surface area contributed by atoms with Crippen LogP contribution in [0.15, 0.2) is 194 Å². The molecule has 65 heavy (non-hydrogen) atoms. The smallest absolute Gasteiger partial charge is 0.164 e. The minimum absolute atomic E-state index is 0.0663. The van der Waals surface area contributed by atoms with Crippen molar-refractivity contribution in [2.45, 2.75) is 51.4 Å². The third-order valence-corrected chi connectivity index (χ3v) is 14.1. The summed E-state index contributed by atoms with van der Waals surface area (Å²) >= 11 is 0. The summed E-state index contributed by atoms with van der Waals surface area (Å²) in [4.78, 5) is 15.7. The number of hydrogen-bond acceptors (Lipinski definition) is 3. The summed E-state index contributed by atoms with van der Waals surface area (Å²) in [6, 6.07) is 70.0. The molecule has 1 aliphatic rings. The van der Waals surface area contributed by atoms with Crippen molar-refractivity contribution in [3.05, 3.63) is 205 Å². The normalized spacial score (nSPS) is 14.3. The van der Waals surface area contributed by atoms with Crippen molar-refractivity contribution in [3.63, 3.8) is 0 Å². The van der Waals surface area contributed by atoms with Crippen molar-refractivity contribution in [2.75, 3.05) is 0 Å². The van der Waals surface area contributed by atoms with Crippen LogP contribution in [0.5, 0.6) is 0 Å². The zero-order valence-electron chi connectivity index (χ0n) is 37.2. The molecule has 4 heteroatoms. The lowest BCUT2D eigenvalue weighted by atomic mass is 9.63. The van der Waals surface area contributed by atoms with Crippen molar-refractivity contribution in [1.29, 1.82) is 0 Å². The molecule has 12 rings (SSSR count). The average Bonchev–Trinajstić information content (AvgIpc) is 3.66. The predicted molar refractivity (Wildman–Crippen MR) is 272 cm³/mol. The average molecular weight is 837 g/mol. The van der Waals surface area contributed by atoms with Crippen molar-refractivity contribution >= 4 is 43.4 Å². The van der Waals surface area contributed by atoms with E-state index in [-0.39, 0.29) is 10.8 Å². The minimum atomic E-state index is 0.0663. The molecule has 312 valence electrons. The van der Waals surface area contributed by atoms with Gasteiger partial charge in [-0.1, -0.05) is 173 Å². The van der Waals surface area contributed by atoms with Crippen molar-refractivity contribution in [2.24, 2.45) is 0 Å². The molecule has 1 aliphatic carbocycles. The molecular formula is C61H48N4. The van der Waals surface area contributed by atoms with Gasteiger partial charge in [-0.3, -0.25) is 0 Å². The van der Waals surface area contributed by atoms with E-state index in [4.69, 9.17) is 15.0 Å². The lowest BCUT2D eigenvalue weighted by molar-refractivity contribution is 0.332. The summed E-state index contributed by atoms with van der Waals surface area (Å²) in [5.74, 6) is 1.90. The lowest BCUT2D eigenvalue weighted by Crippen LogP contribution is -2.33. The molecule has 9 aromatic carbocycles. The number of fused-ring (bicyclic) bond motifs is 6. The predicted octanol–water partition coefficient (Wildman–Crippen LogP) is 16.0. The van der Waals surface area contributed by atoms with Gasteiger partial charge < -0.3 is 4.57 Å². The van der Waals surface area contributed by atoms with Gasteiger partial charge >= 0.3 is 0 Å².